The maximum atomic E-state index is 5.53. The van der Waals surface area contributed by atoms with Gasteiger partial charge in [-0.2, -0.15) is 0 Å². The fraction of sp³-hybridized carbons (Fsp3) is 0.375. The van der Waals surface area contributed by atoms with Crippen LogP contribution in [0, 0.1) is 6.92 Å². The third-order valence-electron chi connectivity index (χ3n) is 4.05. The summed E-state index contributed by atoms with van der Waals surface area (Å²) in [6.07, 6.45) is 6.50. The lowest BCUT2D eigenvalue weighted by atomic mass is 10.1. The molecule has 0 aliphatic carbocycles. The number of hydrogen-bond acceptors (Lipinski definition) is 5. The van der Waals surface area contributed by atoms with Gasteiger partial charge in [0.05, 0.1) is 12.9 Å². The molecule has 0 saturated heterocycles. The first-order valence-electron chi connectivity index (χ1n) is 7.47. The molecule has 0 bridgehead atoms. The van der Waals surface area contributed by atoms with Crippen LogP contribution in [0.5, 0.6) is 0 Å². The molecule has 0 spiro atoms. The Morgan fingerprint density at radius 1 is 1.32 bits per heavy atom. The van der Waals surface area contributed by atoms with Crippen LogP contribution in [0.1, 0.15) is 26.8 Å². The van der Waals surface area contributed by atoms with Gasteiger partial charge in [0.25, 0.3) is 0 Å². The smallest absolute Gasteiger partial charge is 0.142 e. The quantitative estimate of drug-likeness (QED) is 0.743. The predicted octanol–water partition coefficient (Wildman–Crippen LogP) is 2.85. The molecule has 1 aliphatic rings. The predicted molar refractivity (Wildman–Crippen MR) is 84.7 cm³/mol. The van der Waals surface area contributed by atoms with Crippen molar-refractivity contribution in [2.45, 2.75) is 33.0 Å². The van der Waals surface area contributed by atoms with E-state index in [4.69, 9.17) is 4.52 Å². The number of rotatable bonds is 4. The Morgan fingerprint density at radius 2 is 2.27 bits per heavy atom. The molecule has 0 saturated carbocycles. The fourth-order valence-corrected chi connectivity index (χ4v) is 3.86. The third kappa shape index (κ3) is 2.71. The number of aryl methyl sites for hydroxylation is 1. The van der Waals surface area contributed by atoms with Crippen molar-refractivity contribution in [2.75, 3.05) is 6.54 Å². The molecule has 4 rings (SSSR count). The number of aromatic nitrogens is 3. The van der Waals surface area contributed by atoms with Crippen LogP contribution in [0.2, 0.25) is 0 Å². The van der Waals surface area contributed by atoms with Gasteiger partial charge in [-0.05, 0) is 19.1 Å². The Bertz CT molecular complexity index is 759. The summed E-state index contributed by atoms with van der Waals surface area (Å²) in [5.74, 6) is 1.05. The maximum absolute atomic E-state index is 5.53. The van der Waals surface area contributed by atoms with E-state index in [0.29, 0.717) is 0 Å². The first-order valence-corrected chi connectivity index (χ1v) is 8.29. The lowest BCUT2D eigenvalue weighted by Gasteiger charge is -2.25. The molecule has 6 heteroatoms. The molecule has 0 N–H and O–H groups in total. The Labute approximate surface area is 133 Å². The fourth-order valence-electron chi connectivity index (χ4n) is 2.92. The van der Waals surface area contributed by atoms with Gasteiger partial charge in [0.1, 0.15) is 11.5 Å². The zero-order valence-corrected chi connectivity index (χ0v) is 13.3. The summed E-state index contributed by atoms with van der Waals surface area (Å²) >= 11 is 1.88. The Hall–Kier alpha value is -1.92. The first kappa shape index (κ1) is 13.7. The van der Waals surface area contributed by atoms with Gasteiger partial charge in [0.15, 0.2) is 0 Å². The van der Waals surface area contributed by atoms with E-state index in [1.54, 1.807) is 6.20 Å². The van der Waals surface area contributed by atoms with Crippen molar-refractivity contribution in [3.63, 3.8) is 0 Å². The van der Waals surface area contributed by atoms with Crippen molar-refractivity contribution in [3.05, 3.63) is 57.6 Å². The summed E-state index contributed by atoms with van der Waals surface area (Å²) in [5, 5.41) is 4.27. The van der Waals surface area contributed by atoms with Crippen molar-refractivity contribution in [1.82, 2.24) is 19.6 Å². The van der Waals surface area contributed by atoms with E-state index >= 15 is 0 Å². The minimum Gasteiger partial charge on any atom is -0.361 e. The molecule has 0 amide bonds. The van der Waals surface area contributed by atoms with Gasteiger partial charge < -0.3 is 9.09 Å². The minimum absolute atomic E-state index is 0.727. The Morgan fingerprint density at radius 3 is 3.05 bits per heavy atom. The highest BCUT2D eigenvalue weighted by Crippen LogP contribution is 2.25. The zero-order chi connectivity index (χ0) is 14.9. The van der Waals surface area contributed by atoms with Crippen molar-refractivity contribution < 1.29 is 4.52 Å². The maximum Gasteiger partial charge on any atom is 0.142 e. The number of nitrogens with zero attached hydrogens (tertiary/aromatic N) is 4. The van der Waals surface area contributed by atoms with Crippen LogP contribution in [-0.4, -0.2) is 26.2 Å². The van der Waals surface area contributed by atoms with E-state index in [0.717, 1.165) is 44.1 Å². The van der Waals surface area contributed by atoms with Crippen molar-refractivity contribution >= 4 is 11.3 Å². The van der Waals surface area contributed by atoms with E-state index in [9.17, 15) is 0 Å². The number of fused-ring (bicyclic) bond motifs is 1. The molecule has 5 nitrogen and oxygen atoms in total. The van der Waals surface area contributed by atoms with Crippen LogP contribution in [0.25, 0.3) is 0 Å². The van der Waals surface area contributed by atoms with Gasteiger partial charge in [0, 0.05) is 53.8 Å². The third-order valence-corrected chi connectivity index (χ3v) is 5.04. The lowest BCUT2D eigenvalue weighted by molar-refractivity contribution is 0.230. The molecule has 114 valence electrons. The number of imidazole rings is 1. The van der Waals surface area contributed by atoms with Crippen molar-refractivity contribution in [3.8, 4) is 0 Å². The van der Waals surface area contributed by atoms with Crippen LogP contribution in [0.3, 0.4) is 0 Å². The van der Waals surface area contributed by atoms with Crippen molar-refractivity contribution in [2.24, 2.45) is 0 Å². The average molecular weight is 314 g/mol. The molecule has 3 aromatic heterocycles. The van der Waals surface area contributed by atoms with Gasteiger partial charge in [-0.15, -0.1) is 11.3 Å². The Balaban J connectivity index is 1.50. The van der Waals surface area contributed by atoms with Crippen LogP contribution in [0.4, 0.5) is 0 Å². The van der Waals surface area contributed by atoms with E-state index in [2.05, 4.69) is 34.1 Å². The second kappa shape index (κ2) is 5.70. The molecular formula is C16H18N4OS. The van der Waals surface area contributed by atoms with E-state index in [-0.39, 0.29) is 0 Å². The highest BCUT2D eigenvalue weighted by Gasteiger charge is 2.24. The number of thiophene rings is 1. The highest BCUT2D eigenvalue weighted by atomic mass is 32.1. The van der Waals surface area contributed by atoms with Gasteiger partial charge in [-0.25, -0.2) is 4.98 Å². The SMILES string of the molecule is Cc1ccc(CN2CCc3onc(Cn4ccnc4)c3C2)s1. The minimum atomic E-state index is 0.727. The van der Waals surface area contributed by atoms with Gasteiger partial charge >= 0.3 is 0 Å². The van der Waals surface area contributed by atoms with Gasteiger partial charge in [-0.3, -0.25) is 4.90 Å². The Kier molecular flexibility index (Phi) is 3.56. The summed E-state index contributed by atoms with van der Waals surface area (Å²) in [4.78, 5) is 9.36. The van der Waals surface area contributed by atoms with Crippen LogP contribution < -0.4 is 0 Å². The largest absolute Gasteiger partial charge is 0.361 e. The first-order chi connectivity index (χ1) is 10.8. The lowest BCUT2D eigenvalue weighted by Crippen LogP contribution is -2.29. The molecule has 0 fully saturated rings. The van der Waals surface area contributed by atoms with E-state index in [1.807, 2.05) is 28.4 Å². The van der Waals surface area contributed by atoms with E-state index < -0.39 is 0 Å². The number of hydrogen-bond donors (Lipinski definition) is 0. The van der Waals surface area contributed by atoms with E-state index in [1.165, 1.54) is 15.3 Å². The topological polar surface area (TPSA) is 47.1 Å². The molecule has 22 heavy (non-hydrogen) atoms. The zero-order valence-electron chi connectivity index (χ0n) is 12.5. The second-order valence-electron chi connectivity index (χ2n) is 5.74. The normalized spacial score (nSPS) is 15.1. The standard InChI is InChI=1S/C16H18N4OS/c1-12-2-3-13(22-12)8-19-6-4-16-14(9-19)15(18-21-16)10-20-7-5-17-11-20/h2-3,5,7,11H,4,6,8-10H2,1H3. The molecule has 0 radical (unpaired) electrons. The van der Waals surface area contributed by atoms with Gasteiger partial charge in [0.2, 0.25) is 0 Å². The molecule has 4 heterocycles. The van der Waals surface area contributed by atoms with Crippen LogP contribution in [0.15, 0.2) is 35.4 Å². The molecule has 3 aromatic rings. The van der Waals surface area contributed by atoms with Crippen LogP contribution >= 0.6 is 11.3 Å². The summed E-state index contributed by atoms with van der Waals surface area (Å²) in [6, 6.07) is 4.43. The molecular weight excluding hydrogens is 296 g/mol. The van der Waals surface area contributed by atoms with Crippen molar-refractivity contribution in [1.29, 1.82) is 0 Å². The molecule has 0 atom stereocenters. The summed E-state index contributed by atoms with van der Waals surface area (Å²) in [7, 11) is 0. The van der Waals surface area contributed by atoms with Gasteiger partial charge in [-0.1, -0.05) is 5.16 Å². The molecule has 1 aliphatic heterocycles. The second-order valence-corrected chi connectivity index (χ2v) is 7.11. The monoisotopic (exact) mass is 314 g/mol. The summed E-state index contributed by atoms with van der Waals surface area (Å²) < 4.78 is 7.56. The summed E-state index contributed by atoms with van der Waals surface area (Å²) in [6.45, 7) is 5.84. The average Bonchev–Trinajstić information content (AvgIpc) is 3.23. The highest BCUT2D eigenvalue weighted by molar-refractivity contribution is 7.11. The summed E-state index contributed by atoms with van der Waals surface area (Å²) in [5.41, 5.74) is 2.29. The van der Waals surface area contributed by atoms with Crippen LogP contribution in [-0.2, 0) is 26.1 Å². The molecule has 0 unspecified atom stereocenters. The molecule has 0 aromatic carbocycles.